The van der Waals surface area contributed by atoms with Crippen LogP contribution in [0.1, 0.15) is 11.1 Å². The van der Waals surface area contributed by atoms with Crippen LogP contribution in [-0.2, 0) is 0 Å². The number of anilines is 1. The van der Waals surface area contributed by atoms with Gasteiger partial charge in [-0.3, -0.25) is 0 Å². The SMILES string of the molecule is C=CN(C)c1ncc(-c2ccc(F)c(C)c2F)cc1C. The fraction of sp³-hybridized carbons (Fsp3) is 0.188. The lowest BCUT2D eigenvalue weighted by Crippen LogP contribution is -2.10. The lowest BCUT2D eigenvalue weighted by atomic mass is 10.0. The number of benzene rings is 1. The van der Waals surface area contributed by atoms with Crippen LogP contribution in [0.4, 0.5) is 14.6 Å². The van der Waals surface area contributed by atoms with Gasteiger partial charge in [-0.25, -0.2) is 13.8 Å². The van der Waals surface area contributed by atoms with Gasteiger partial charge >= 0.3 is 0 Å². The number of aromatic nitrogens is 1. The molecule has 0 saturated heterocycles. The van der Waals surface area contributed by atoms with Crippen molar-refractivity contribution >= 4 is 5.82 Å². The van der Waals surface area contributed by atoms with Gasteiger partial charge < -0.3 is 4.90 Å². The molecule has 4 heteroatoms. The molecule has 0 atom stereocenters. The molecule has 0 amide bonds. The standard InChI is InChI=1S/C16H16F2N2/c1-5-20(4)16-10(2)8-12(9-19-16)13-6-7-14(17)11(3)15(13)18/h5-9H,1H2,2-4H3. The monoisotopic (exact) mass is 274 g/mol. The molecule has 2 aromatic rings. The van der Waals surface area contributed by atoms with E-state index in [-0.39, 0.29) is 5.56 Å². The molecule has 0 aliphatic rings. The molecular formula is C16H16F2N2. The van der Waals surface area contributed by atoms with Gasteiger partial charge in [-0.1, -0.05) is 6.58 Å². The number of hydrogen-bond donors (Lipinski definition) is 0. The fourth-order valence-corrected chi connectivity index (χ4v) is 2.06. The summed E-state index contributed by atoms with van der Waals surface area (Å²) in [5.74, 6) is -0.335. The molecular weight excluding hydrogens is 258 g/mol. The molecule has 20 heavy (non-hydrogen) atoms. The lowest BCUT2D eigenvalue weighted by Gasteiger charge is -2.16. The minimum Gasteiger partial charge on any atom is -0.336 e. The second kappa shape index (κ2) is 5.41. The summed E-state index contributed by atoms with van der Waals surface area (Å²) in [7, 11) is 1.84. The van der Waals surface area contributed by atoms with Crippen molar-refractivity contribution in [3.63, 3.8) is 0 Å². The normalized spacial score (nSPS) is 10.4. The first-order valence-electron chi connectivity index (χ1n) is 6.22. The molecule has 2 rings (SSSR count). The van der Waals surface area contributed by atoms with Crippen LogP contribution in [0.25, 0.3) is 11.1 Å². The third kappa shape index (κ3) is 2.41. The maximum atomic E-state index is 14.1. The van der Waals surface area contributed by atoms with Gasteiger partial charge in [0.05, 0.1) is 0 Å². The van der Waals surface area contributed by atoms with Crippen molar-refractivity contribution in [2.45, 2.75) is 13.8 Å². The molecule has 1 aromatic carbocycles. The minimum atomic E-state index is -0.545. The first kappa shape index (κ1) is 14.2. The number of hydrogen-bond acceptors (Lipinski definition) is 2. The summed E-state index contributed by atoms with van der Waals surface area (Å²) in [5, 5.41) is 0. The zero-order valence-electron chi connectivity index (χ0n) is 11.7. The lowest BCUT2D eigenvalue weighted by molar-refractivity contribution is 0.570. The van der Waals surface area contributed by atoms with E-state index in [2.05, 4.69) is 11.6 Å². The van der Waals surface area contributed by atoms with Gasteiger partial charge in [0.1, 0.15) is 17.5 Å². The van der Waals surface area contributed by atoms with Crippen molar-refractivity contribution in [1.29, 1.82) is 0 Å². The van der Waals surface area contributed by atoms with E-state index in [4.69, 9.17) is 0 Å². The summed E-state index contributed by atoms with van der Waals surface area (Å²) < 4.78 is 27.4. The molecule has 0 radical (unpaired) electrons. The molecule has 0 N–H and O–H groups in total. The molecule has 0 spiro atoms. The summed E-state index contributed by atoms with van der Waals surface area (Å²) in [4.78, 5) is 6.10. The summed E-state index contributed by atoms with van der Waals surface area (Å²) in [6, 6.07) is 4.54. The number of pyridine rings is 1. The van der Waals surface area contributed by atoms with Crippen LogP contribution in [0.15, 0.2) is 37.2 Å². The third-order valence-electron chi connectivity index (χ3n) is 3.29. The molecule has 1 heterocycles. The quantitative estimate of drug-likeness (QED) is 0.833. The zero-order chi connectivity index (χ0) is 14.9. The van der Waals surface area contributed by atoms with Gasteiger partial charge in [0.15, 0.2) is 0 Å². The highest BCUT2D eigenvalue weighted by atomic mass is 19.1. The van der Waals surface area contributed by atoms with Crippen LogP contribution in [0, 0.1) is 25.5 Å². The average Bonchev–Trinajstić information content (AvgIpc) is 2.44. The Labute approximate surface area is 117 Å². The zero-order valence-corrected chi connectivity index (χ0v) is 11.7. The van der Waals surface area contributed by atoms with E-state index in [0.717, 1.165) is 11.4 Å². The van der Waals surface area contributed by atoms with Gasteiger partial charge in [-0.15, -0.1) is 0 Å². The van der Waals surface area contributed by atoms with E-state index in [1.54, 1.807) is 17.3 Å². The van der Waals surface area contributed by atoms with Gasteiger partial charge in [0, 0.05) is 29.9 Å². The Kier molecular flexibility index (Phi) is 3.84. The largest absolute Gasteiger partial charge is 0.336 e. The van der Waals surface area contributed by atoms with Gasteiger partial charge in [0.25, 0.3) is 0 Å². The van der Waals surface area contributed by atoms with E-state index < -0.39 is 11.6 Å². The molecule has 0 fully saturated rings. The maximum absolute atomic E-state index is 14.1. The van der Waals surface area contributed by atoms with Crippen molar-refractivity contribution in [2.24, 2.45) is 0 Å². The van der Waals surface area contributed by atoms with Crippen LogP contribution >= 0.6 is 0 Å². The molecule has 1 aromatic heterocycles. The van der Waals surface area contributed by atoms with Crippen LogP contribution in [-0.4, -0.2) is 12.0 Å². The van der Waals surface area contributed by atoms with E-state index >= 15 is 0 Å². The van der Waals surface area contributed by atoms with Crippen molar-refractivity contribution in [1.82, 2.24) is 4.98 Å². The minimum absolute atomic E-state index is 0.0208. The fourth-order valence-electron chi connectivity index (χ4n) is 2.06. The predicted molar refractivity (Wildman–Crippen MR) is 77.7 cm³/mol. The Hall–Kier alpha value is -2.23. The predicted octanol–water partition coefficient (Wildman–Crippen LogP) is 4.22. The van der Waals surface area contributed by atoms with E-state index in [1.807, 2.05) is 20.0 Å². The number of halogens is 2. The molecule has 104 valence electrons. The second-order valence-electron chi connectivity index (χ2n) is 4.69. The van der Waals surface area contributed by atoms with Crippen LogP contribution in [0.2, 0.25) is 0 Å². The van der Waals surface area contributed by atoms with E-state index in [9.17, 15) is 8.78 Å². The first-order valence-corrected chi connectivity index (χ1v) is 6.22. The molecule has 0 aliphatic carbocycles. The molecule has 0 unspecified atom stereocenters. The number of aryl methyl sites for hydroxylation is 1. The Balaban J connectivity index is 2.52. The topological polar surface area (TPSA) is 16.1 Å². The maximum Gasteiger partial charge on any atom is 0.136 e. The highest BCUT2D eigenvalue weighted by Gasteiger charge is 2.13. The summed E-state index contributed by atoms with van der Waals surface area (Å²) in [6.45, 7) is 6.99. The first-order chi connectivity index (χ1) is 9.45. The van der Waals surface area contributed by atoms with Gasteiger partial charge in [-0.05, 0) is 43.8 Å². The van der Waals surface area contributed by atoms with Gasteiger partial charge in [-0.2, -0.15) is 0 Å². The smallest absolute Gasteiger partial charge is 0.136 e. The van der Waals surface area contributed by atoms with Crippen LogP contribution in [0.3, 0.4) is 0 Å². The Morgan fingerprint density at radius 1 is 1.25 bits per heavy atom. The van der Waals surface area contributed by atoms with Crippen LogP contribution < -0.4 is 4.90 Å². The van der Waals surface area contributed by atoms with Gasteiger partial charge in [0.2, 0.25) is 0 Å². The summed E-state index contributed by atoms with van der Waals surface area (Å²) in [6.07, 6.45) is 3.23. The Bertz CT molecular complexity index is 666. The Morgan fingerprint density at radius 2 is 1.95 bits per heavy atom. The molecule has 0 saturated carbocycles. The highest BCUT2D eigenvalue weighted by Crippen LogP contribution is 2.28. The van der Waals surface area contributed by atoms with E-state index in [1.165, 1.54) is 19.1 Å². The number of rotatable bonds is 3. The Morgan fingerprint density at radius 3 is 2.55 bits per heavy atom. The molecule has 0 aliphatic heterocycles. The summed E-state index contributed by atoms with van der Waals surface area (Å²) in [5.41, 5.74) is 1.90. The van der Waals surface area contributed by atoms with Crippen molar-refractivity contribution < 1.29 is 8.78 Å². The molecule has 0 bridgehead atoms. The number of nitrogens with zero attached hydrogens (tertiary/aromatic N) is 2. The van der Waals surface area contributed by atoms with Crippen molar-refractivity contribution in [3.8, 4) is 11.1 Å². The summed E-state index contributed by atoms with van der Waals surface area (Å²) >= 11 is 0. The van der Waals surface area contributed by atoms with E-state index in [0.29, 0.717) is 11.1 Å². The van der Waals surface area contributed by atoms with Crippen molar-refractivity contribution in [3.05, 3.63) is 59.9 Å². The average molecular weight is 274 g/mol. The highest BCUT2D eigenvalue weighted by molar-refractivity contribution is 5.67. The second-order valence-corrected chi connectivity index (χ2v) is 4.69. The third-order valence-corrected chi connectivity index (χ3v) is 3.29. The van der Waals surface area contributed by atoms with Crippen LogP contribution in [0.5, 0.6) is 0 Å². The van der Waals surface area contributed by atoms with Crippen molar-refractivity contribution in [2.75, 3.05) is 11.9 Å². The molecule has 2 nitrogen and oxygen atoms in total.